The van der Waals surface area contributed by atoms with E-state index in [1.54, 1.807) is 6.92 Å². The van der Waals surface area contributed by atoms with Gasteiger partial charge < -0.3 is 10.1 Å². The number of rotatable bonds is 7. The molecule has 1 amide bonds. The van der Waals surface area contributed by atoms with Crippen LogP contribution in [0, 0.1) is 10.1 Å². The minimum atomic E-state index is -0.774. The maximum absolute atomic E-state index is 12.6. The van der Waals surface area contributed by atoms with Crippen LogP contribution in [0.5, 0.6) is 0 Å². The number of anilines is 1. The van der Waals surface area contributed by atoms with E-state index in [2.05, 4.69) is 20.3 Å². The molecule has 1 atom stereocenters. The molecule has 0 aromatic carbocycles. The zero-order chi connectivity index (χ0) is 18.6. The largest absolute Gasteiger partial charge is 0.464 e. The fourth-order valence-electron chi connectivity index (χ4n) is 2.22. The van der Waals surface area contributed by atoms with Crippen molar-refractivity contribution in [2.45, 2.75) is 32.9 Å². The summed E-state index contributed by atoms with van der Waals surface area (Å²) in [6, 6.07) is -0.774. The number of nitrogens with one attached hydrogen (secondary N) is 1. The van der Waals surface area contributed by atoms with Crippen molar-refractivity contribution in [3.8, 4) is 0 Å². The maximum atomic E-state index is 12.6. The van der Waals surface area contributed by atoms with Crippen LogP contribution in [0.15, 0.2) is 18.6 Å². The first kappa shape index (κ1) is 18.1. The molecule has 0 saturated carbocycles. The van der Waals surface area contributed by atoms with Gasteiger partial charge in [-0.15, -0.1) is 0 Å². The second-order valence-electron chi connectivity index (χ2n) is 5.09. The van der Waals surface area contributed by atoms with Crippen LogP contribution in [0.25, 0.3) is 0 Å². The Morgan fingerprint density at radius 1 is 1.40 bits per heavy atom. The van der Waals surface area contributed by atoms with Crippen molar-refractivity contribution in [1.82, 2.24) is 19.6 Å². The van der Waals surface area contributed by atoms with Crippen LogP contribution in [-0.4, -0.2) is 43.5 Å². The molecule has 0 fully saturated rings. The highest BCUT2D eigenvalue weighted by molar-refractivity contribution is 6.00. The number of carbonyl (C=O) groups is 2. The van der Waals surface area contributed by atoms with Crippen LogP contribution in [0.2, 0.25) is 0 Å². The van der Waals surface area contributed by atoms with Crippen LogP contribution in [0.1, 0.15) is 36.8 Å². The number of amides is 1. The van der Waals surface area contributed by atoms with E-state index in [0.29, 0.717) is 13.0 Å². The van der Waals surface area contributed by atoms with Gasteiger partial charge in [0.05, 0.1) is 17.7 Å². The lowest BCUT2D eigenvalue weighted by atomic mass is 10.2. The SMILES string of the molecule is CCC(C(=O)Nc1cn(CC)nc1C(=O)OC)n1cc([N+](=O)[O-])cn1. The first-order valence-corrected chi connectivity index (χ1v) is 7.56. The Morgan fingerprint density at radius 2 is 2.12 bits per heavy atom. The lowest BCUT2D eigenvalue weighted by molar-refractivity contribution is -0.385. The van der Waals surface area contributed by atoms with Crippen LogP contribution >= 0.6 is 0 Å². The summed E-state index contributed by atoms with van der Waals surface area (Å²) in [6.45, 7) is 4.08. The second-order valence-corrected chi connectivity index (χ2v) is 5.09. The number of hydrogen-bond acceptors (Lipinski definition) is 7. The molecule has 25 heavy (non-hydrogen) atoms. The number of ether oxygens (including phenoxy) is 1. The number of methoxy groups -OCH3 is 1. The molecule has 1 N–H and O–H groups in total. The van der Waals surface area contributed by atoms with Gasteiger partial charge in [-0.1, -0.05) is 6.92 Å². The summed E-state index contributed by atoms with van der Waals surface area (Å²) in [7, 11) is 1.22. The predicted octanol–water partition coefficient (Wildman–Crippen LogP) is 1.38. The normalized spacial score (nSPS) is 11.8. The van der Waals surface area contributed by atoms with E-state index in [1.165, 1.54) is 28.9 Å². The fraction of sp³-hybridized carbons (Fsp3) is 0.429. The van der Waals surface area contributed by atoms with Crippen molar-refractivity contribution in [1.29, 1.82) is 0 Å². The van der Waals surface area contributed by atoms with Gasteiger partial charge in [0.25, 0.3) is 0 Å². The molecular weight excluding hydrogens is 332 g/mol. The summed E-state index contributed by atoms with van der Waals surface area (Å²) in [6.07, 6.45) is 4.12. The minimum Gasteiger partial charge on any atom is -0.464 e. The molecule has 0 bridgehead atoms. The summed E-state index contributed by atoms with van der Waals surface area (Å²) in [5.41, 5.74) is -0.0156. The molecule has 0 aliphatic rings. The van der Waals surface area contributed by atoms with Crippen molar-refractivity contribution in [3.63, 3.8) is 0 Å². The molecule has 2 aromatic rings. The van der Waals surface area contributed by atoms with Gasteiger partial charge in [-0.05, 0) is 13.3 Å². The van der Waals surface area contributed by atoms with Crippen LogP contribution in [0.3, 0.4) is 0 Å². The van der Waals surface area contributed by atoms with Crippen molar-refractivity contribution in [3.05, 3.63) is 34.4 Å². The van der Waals surface area contributed by atoms with Crippen LogP contribution < -0.4 is 5.32 Å². The quantitative estimate of drug-likeness (QED) is 0.453. The predicted molar refractivity (Wildman–Crippen MR) is 86.1 cm³/mol. The molecule has 1 unspecified atom stereocenters. The van der Waals surface area contributed by atoms with Gasteiger partial charge in [0.15, 0.2) is 5.69 Å². The Balaban J connectivity index is 2.25. The van der Waals surface area contributed by atoms with E-state index in [-0.39, 0.29) is 17.1 Å². The minimum absolute atomic E-state index is 0.0148. The first-order valence-electron chi connectivity index (χ1n) is 7.56. The van der Waals surface area contributed by atoms with Crippen LogP contribution in [-0.2, 0) is 16.1 Å². The monoisotopic (exact) mass is 350 g/mol. The zero-order valence-electron chi connectivity index (χ0n) is 14.0. The molecule has 2 aromatic heterocycles. The number of esters is 1. The Hall–Kier alpha value is -3.24. The summed E-state index contributed by atoms with van der Waals surface area (Å²) in [4.78, 5) is 34.5. The van der Waals surface area contributed by atoms with Gasteiger partial charge in [0.1, 0.15) is 18.4 Å². The van der Waals surface area contributed by atoms with E-state index in [1.807, 2.05) is 6.92 Å². The van der Waals surface area contributed by atoms with Gasteiger partial charge in [-0.25, -0.2) is 4.79 Å². The standard InChI is InChI=1S/C14H18N6O5/c1-4-11(19-7-9(6-15-19)20(23)24)13(21)16-10-8-18(5-2)17-12(10)14(22)25-3/h6-8,11H,4-5H2,1-3H3,(H,16,21). The molecule has 134 valence electrons. The van der Waals surface area contributed by atoms with Gasteiger partial charge in [0, 0.05) is 12.7 Å². The number of aryl methyl sites for hydroxylation is 1. The van der Waals surface area contributed by atoms with E-state index in [0.717, 1.165) is 6.20 Å². The second kappa shape index (κ2) is 7.55. The van der Waals surface area contributed by atoms with Gasteiger partial charge in [0.2, 0.25) is 5.91 Å². The van der Waals surface area contributed by atoms with Gasteiger partial charge in [-0.3, -0.25) is 24.3 Å². The Kier molecular flexibility index (Phi) is 5.47. The molecule has 0 spiro atoms. The Morgan fingerprint density at radius 3 is 2.64 bits per heavy atom. The molecule has 0 aliphatic carbocycles. The third-order valence-corrected chi connectivity index (χ3v) is 3.53. The maximum Gasteiger partial charge on any atom is 0.360 e. The molecule has 0 radical (unpaired) electrons. The van der Waals surface area contributed by atoms with Crippen LogP contribution in [0.4, 0.5) is 11.4 Å². The van der Waals surface area contributed by atoms with Crippen molar-refractivity contribution < 1.29 is 19.2 Å². The van der Waals surface area contributed by atoms with E-state index >= 15 is 0 Å². The first-order chi connectivity index (χ1) is 11.9. The lowest BCUT2D eigenvalue weighted by Gasteiger charge is -2.14. The third kappa shape index (κ3) is 3.82. The Bertz CT molecular complexity index is 795. The van der Waals surface area contributed by atoms with Gasteiger partial charge >= 0.3 is 11.7 Å². The van der Waals surface area contributed by atoms with Crippen molar-refractivity contribution >= 4 is 23.3 Å². The molecule has 0 saturated heterocycles. The molecule has 2 rings (SSSR count). The molecule has 2 heterocycles. The molecule has 11 nitrogen and oxygen atoms in total. The summed E-state index contributed by atoms with van der Waals surface area (Å²) >= 11 is 0. The molecule has 0 aliphatic heterocycles. The van der Waals surface area contributed by atoms with Gasteiger partial charge in [-0.2, -0.15) is 10.2 Å². The third-order valence-electron chi connectivity index (χ3n) is 3.53. The van der Waals surface area contributed by atoms with E-state index < -0.39 is 22.8 Å². The highest BCUT2D eigenvalue weighted by Gasteiger charge is 2.25. The topological polar surface area (TPSA) is 134 Å². The number of carbonyl (C=O) groups excluding carboxylic acids is 2. The number of nitro groups is 1. The van der Waals surface area contributed by atoms with Crippen molar-refractivity contribution in [2.75, 3.05) is 12.4 Å². The number of nitrogens with zero attached hydrogens (tertiary/aromatic N) is 5. The lowest BCUT2D eigenvalue weighted by Crippen LogP contribution is -2.26. The summed E-state index contributed by atoms with van der Waals surface area (Å²) in [5.74, 6) is -1.15. The van der Waals surface area contributed by atoms with E-state index in [4.69, 9.17) is 0 Å². The van der Waals surface area contributed by atoms with E-state index in [9.17, 15) is 19.7 Å². The smallest absolute Gasteiger partial charge is 0.360 e. The molecule has 11 heteroatoms. The zero-order valence-corrected chi connectivity index (χ0v) is 14.0. The Labute approximate surface area is 142 Å². The summed E-state index contributed by atoms with van der Waals surface area (Å²) < 4.78 is 7.36. The fourth-order valence-corrected chi connectivity index (χ4v) is 2.22. The average Bonchev–Trinajstić information content (AvgIpc) is 3.22. The highest BCUT2D eigenvalue weighted by Crippen LogP contribution is 2.20. The summed E-state index contributed by atoms with van der Waals surface area (Å²) in [5, 5.41) is 21.3. The average molecular weight is 350 g/mol. The molecular formula is C14H18N6O5. The number of hydrogen-bond donors (Lipinski definition) is 1. The van der Waals surface area contributed by atoms with Crippen molar-refractivity contribution in [2.24, 2.45) is 0 Å². The highest BCUT2D eigenvalue weighted by atomic mass is 16.6. The number of aromatic nitrogens is 4.